The molecule has 1 aromatic rings. The van der Waals surface area contributed by atoms with Crippen molar-refractivity contribution in [2.45, 2.75) is 19.4 Å². The average molecular weight is 503 g/mol. The highest BCUT2D eigenvalue weighted by Gasteiger charge is 2.31. The first kappa shape index (κ1) is 23.0. The summed E-state index contributed by atoms with van der Waals surface area (Å²) in [6.07, 6.45) is 0.897. The van der Waals surface area contributed by atoms with E-state index < -0.39 is 0 Å². The van der Waals surface area contributed by atoms with E-state index in [1.54, 1.807) is 14.2 Å². The van der Waals surface area contributed by atoms with E-state index in [1.807, 2.05) is 12.1 Å². The molecular formula is C20H34IN5O2. The Labute approximate surface area is 185 Å². The van der Waals surface area contributed by atoms with Crippen LogP contribution in [0.1, 0.15) is 12.5 Å². The number of aliphatic imine (C=N–C) groups is 1. The molecule has 8 heteroatoms. The van der Waals surface area contributed by atoms with Crippen molar-refractivity contribution in [2.24, 2.45) is 4.99 Å². The van der Waals surface area contributed by atoms with Crippen LogP contribution in [0.15, 0.2) is 23.2 Å². The molecule has 3 aliphatic rings. The number of methoxy groups -OCH3 is 2. The van der Waals surface area contributed by atoms with E-state index in [1.165, 1.54) is 31.7 Å². The molecule has 7 nitrogen and oxygen atoms in total. The lowest BCUT2D eigenvalue weighted by Gasteiger charge is -2.47. The molecular weight excluding hydrogens is 469 g/mol. The minimum absolute atomic E-state index is 0. The predicted octanol–water partition coefficient (Wildman–Crippen LogP) is 1.42. The van der Waals surface area contributed by atoms with Gasteiger partial charge >= 0.3 is 0 Å². The Morgan fingerprint density at radius 1 is 1.11 bits per heavy atom. The number of hydrogen-bond acceptors (Lipinski definition) is 5. The topological polar surface area (TPSA) is 61.4 Å². The Hall–Kier alpha value is -1.26. The molecule has 4 rings (SSSR count). The summed E-state index contributed by atoms with van der Waals surface area (Å²) >= 11 is 0. The zero-order chi connectivity index (χ0) is 19.1. The van der Waals surface area contributed by atoms with Crippen molar-refractivity contribution in [3.05, 3.63) is 23.8 Å². The van der Waals surface area contributed by atoms with E-state index in [9.17, 15) is 0 Å². The highest BCUT2D eigenvalue weighted by molar-refractivity contribution is 14.0. The number of guanidine groups is 1. The third kappa shape index (κ3) is 6.12. The van der Waals surface area contributed by atoms with E-state index in [2.05, 4.69) is 33.4 Å². The lowest BCUT2D eigenvalue weighted by Crippen LogP contribution is -2.62. The maximum atomic E-state index is 5.38. The highest BCUT2D eigenvalue weighted by Crippen LogP contribution is 2.27. The summed E-state index contributed by atoms with van der Waals surface area (Å²) in [6.45, 7) is 10.6. The third-order valence-corrected chi connectivity index (χ3v) is 5.35. The molecule has 0 saturated carbocycles. The molecule has 0 spiro atoms. The first-order chi connectivity index (χ1) is 13.2. The maximum absolute atomic E-state index is 5.38. The molecule has 1 unspecified atom stereocenters. The molecule has 1 atom stereocenters. The lowest BCUT2D eigenvalue weighted by molar-refractivity contribution is 0.0174. The third-order valence-electron chi connectivity index (χ3n) is 5.35. The van der Waals surface area contributed by atoms with Gasteiger partial charge in [0.25, 0.3) is 0 Å². The summed E-state index contributed by atoms with van der Waals surface area (Å²) in [4.78, 5) is 9.96. The first-order valence-corrected chi connectivity index (χ1v) is 9.93. The smallest absolute Gasteiger partial charge is 0.191 e. The van der Waals surface area contributed by atoms with Crippen molar-refractivity contribution >= 4 is 29.9 Å². The van der Waals surface area contributed by atoms with Gasteiger partial charge in [-0.1, -0.05) is 6.07 Å². The minimum Gasteiger partial charge on any atom is -0.493 e. The van der Waals surface area contributed by atoms with Crippen LogP contribution >= 0.6 is 24.0 Å². The standard InChI is InChI=1S/C20H33N5O2.HI/c1-4-21-20(23-14-17-15-24-9-11-25(17)12-10-24)22-8-7-16-5-6-18(26-2)19(13-16)27-3;/h5-6,13,17H,4,7-12,14-15H2,1-3H3,(H2,21,22,23);1H. The number of piperazine rings is 3. The quantitative estimate of drug-likeness (QED) is 0.318. The molecule has 0 aliphatic carbocycles. The van der Waals surface area contributed by atoms with Crippen LogP contribution in [0.4, 0.5) is 0 Å². The fraction of sp³-hybridized carbons (Fsp3) is 0.650. The Bertz CT molecular complexity index is 635. The predicted molar refractivity (Wildman–Crippen MR) is 124 cm³/mol. The highest BCUT2D eigenvalue weighted by atomic mass is 127. The van der Waals surface area contributed by atoms with Crippen LogP contribution < -0.4 is 20.1 Å². The van der Waals surface area contributed by atoms with Crippen LogP contribution in [-0.4, -0.2) is 88.4 Å². The van der Waals surface area contributed by atoms with E-state index in [0.29, 0.717) is 6.04 Å². The van der Waals surface area contributed by atoms with Gasteiger partial charge in [-0.05, 0) is 31.0 Å². The Morgan fingerprint density at radius 3 is 2.46 bits per heavy atom. The second kappa shape index (κ2) is 11.7. The van der Waals surface area contributed by atoms with Gasteiger partial charge in [-0.25, -0.2) is 0 Å². The van der Waals surface area contributed by atoms with Crippen LogP contribution in [-0.2, 0) is 6.42 Å². The number of rotatable bonds is 8. The number of fused-ring (bicyclic) bond motifs is 3. The van der Waals surface area contributed by atoms with E-state index >= 15 is 0 Å². The monoisotopic (exact) mass is 503 g/mol. The zero-order valence-corrected chi connectivity index (χ0v) is 19.6. The number of hydrogen-bond donors (Lipinski definition) is 2. The van der Waals surface area contributed by atoms with Gasteiger partial charge in [-0.2, -0.15) is 0 Å². The van der Waals surface area contributed by atoms with E-state index in [4.69, 9.17) is 14.5 Å². The van der Waals surface area contributed by atoms with Crippen molar-refractivity contribution in [3.8, 4) is 11.5 Å². The summed E-state index contributed by atoms with van der Waals surface area (Å²) in [6, 6.07) is 6.61. The van der Waals surface area contributed by atoms with Gasteiger partial charge in [0.1, 0.15) is 0 Å². The molecule has 2 bridgehead atoms. The number of nitrogens with zero attached hydrogens (tertiary/aromatic N) is 3. The molecule has 0 radical (unpaired) electrons. The van der Waals surface area contributed by atoms with Crippen LogP contribution in [0, 0.1) is 0 Å². The molecule has 3 fully saturated rings. The molecule has 2 N–H and O–H groups in total. The number of halogens is 1. The Morgan fingerprint density at radius 2 is 1.86 bits per heavy atom. The summed E-state index contributed by atoms with van der Waals surface area (Å²) in [5.74, 6) is 2.43. The summed E-state index contributed by atoms with van der Waals surface area (Å²) in [7, 11) is 3.32. The Kier molecular flexibility index (Phi) is 9.60. The van der Waals surface area contributed by atoms with Gasteiger partial charge in [0.05, 0.1) is 20.8 Å². The fourth-order valence-electron chi connectivity index (χ4n) is 3.80. The van der Waals surface area contributed by atoms with Gasteiger partial charge in [0, 0.05) is 51.9 Å². The fourth-order valence-corrected chi connectivity index (χ4v) is 3.80. The first-order valence-electron chi connectivity index (χ1n) is 9.93. The summed E-state index contributed by atoms with van der Waals surface area (Å²) < 4.78 is 10.7. The van der Waals surface area contributed by atoms with Crippen LogP contribution in [0.25, 0.3) is 0 Å². The zero-order valence-electron chi connectivity index (χ0n) is 17.2. The van der Waals surface area contributed by atoms with Crippen molar-refractivity contribution in [2.75, 3.05) is 66.6 Å². The molecule has 158 valence electrons. The SMILES string of the molecule is CCNC(=NCC1CN2CCN1CC2)NCCc1ccc(OC)c(OC)c1.I. The normalized spacial score (nSPS) is 23.7. The van der Waals surface area contributed by atoms with E-state index in [0.717, 1.165) is 50.1 Å². The molecule has 0 aromatic heterocycles. The number of ether oxygens (including phenoxy) is 2. The number of nitrogens with one attached hydrogen (secondary N) is 2. The van der Waals surface area contributed by atoms with Gasteiger partial charge in [0.15, 0.2) is 17.5 Å². The molecule has 3 saturated heterocycles. The molecule has 3 heterocycles. The van der Waals surface area contributed by atoms with Crippen molar-refractivity contribution < 1.29 is 9.47 Å². The van der Waals surface area contributed by atoms with Crippen LogP contribution in [0.2, 0.25) is 0 Å². The van der Waals surface area contributed by atoms with Gasteiger partial charge in [0.2, 0.25) is 0 Å². The van der Waals surface area contributed by atoms with Gasteiger partial charge < -0.3 is 20.1 Å². The van der Waals surface area contributed by atoms with Crippen molar-refractivity contribution in [1.29, 1.82) is 0 Å². The second-order valence-corrected chi connectivity index (χ2v) is 7.08. The van der Waals surface area contributed by atoms with Crippen LogP contribution in [0.5, 0.6) is 11.5 Å². The molecule has 1 aromatic carbocycles. The second-order valence-electron chi connectivity index (χ2n) is 7.08. The average Bonchev–Trinajstić information content (AvgIpc) is 2.72. The molecule has 3 aliphatic heterocycles. The Balaban J connectivity index is 0.00000280. The van der Waals surface area contributed by atoms with Crippen LogP contribution in [0.3, 0.4) is 0 Å². The van der Waals surface area contributed by atoms with Gasteiger partial charge in [-0.15, -0.1) is 24.0 Å². The minimum atomic E-state index is 0. The van der Waals surface area contributed by atoms with Crippen molar-refractivity contribution in [1.82, 2.24) is 20.4 Å². The lowest BCUT2D eigenvalue weighted by atomic mass is 10.1. The van der Waals surface area contributed by atoms with Crippen molar-refractivity contribution in [3.63, 3.8) is 0 Å². The largest absolute Gasteiger partial charge is 0.493 e. The molecule has 28 heavy (non-hydrogen) atoms. The van der Waals surface area contributed by atoms with Gasteiger partial charge in [-0.3, -0.25) is 14.8 Å². The maximum Gasteiger partial charge on any atom is 0.191 e. The number of benzene rings is 1. The summed E-state index contributed by atoms with van der Waals surface area (Å²) in [5, 5.41) is 6.81. The van der Waals surface area contributed by atoms with E-state index in [-0.39, 0.29) is 24.0 Å². The summed E-state index contributed by atoms with van der Waals surface area (Å²) in [5.41, 5.74) is 1.21. The molecule has 0 amide bonds.